The zero-order valence-corrected chi connectivity index (χ0v) is 11.5. The average molecular weight is 266 g/mol. The van der Waals surface area contributed by atoms with E-state index in [1.807, 2.05) is 36.4 Å². The smallest absolute Gasteiger partial charge is 0.137 e. The number of hydrogen-bond donors (Lipinski definition) is 0. The van der Waals surface area contributed by atoms with Gasteiger partial charge in [-0.2, -0.15) is 0 Å². The maximum atomic E-state index is 5.39. The average Bonchev–Trinajstić information content (AvgIpc) is 2.48. The van der Waals surface area contributed by atoms with Crippen molar-refractivity contribution in [3.63, 3.8) is 0 Å². The van der Waals surface area contributed by atoms with E-state index in [4.69, 9.17) is 12.2 Å². The first-order valence-electron chi connectivity index (χ1n) is 6.37. The second-order valence-electron chi connectivity index (χ2n) is 4.37. The van der Waals surface area contributed by atoms with Gasteiger partial charge in [0.2, 0.25) is 0 Å². The van der Waals surface area contributed by atoms with Crippen molar-refractivity contribution >= 4 is 23.1 Å². The molecule has 2 nitrogen and oxygen atoms in total. The highest BCUT2D eigenvalue weighted by Crippen LogP contribution is 2.21. The molecule has 94 valence electrons. The number of aromatic nitrogens is 2. The molecule has 3 rings (SSSR count). The SMILES string of the molecule is CCc1nc(=S)c2ccccc2n1-c1ccccc1. The van der Waals surface area contributed by atoms with Crippen LogP contribution in [0.4, 0.5) is 0 Å². The number of rotatable bonds is 2. The van der Waals surface area contributed by atoms with Crippen LogP contribution in [0.2, 0.25) is 0 Å². The van der Waals surface area contributed by atoms with E-state index in [-0.39, 0.29) is 0 Å². The van der Waals surface area contributed by atoms with E-state index in [0.717, 1.165) is 28.8 Å². The highest BCUT2D eigenvalue weighted by atomic mass is 32.1. The molecule has 0 spiro atoms. The highest BCUT2D eigenvalue weighted by Gasteiger charge is 2.08. The molecule has 0 atom stereocenters. The summed E-state index contributed by atoms with van der Waals surface area (Å²) in [6.45, 7) is 2.10. The second-order valence-corrected chi connectivity index (χ2v) is 4.76. The minimum Gasteiger partial charge on any atom is -0.298 e. The summed E-state index contributed by atoms with van der Waals surface area (Å²) in [5.74, 6) is 0.995. The van der Waals surface area contributed by atoms with Gasteiger partial charge < -0.3 is 0 Å². The van der Waals surface area contributed by atoms with Crippen LogP contribution in [-0.4, -0.2) is 9.55 Å². The number of fused-ring (bicyclic) bond motifs is 1. The van der Waals surface area contributed by atoms with E-state index in [1.54, 1.807) is 0 Å². The lowest BCUT2D eigenvalue weighted by molar-refractivity contribution is 0.866. The van der Waals surface area contributed by atoms with Crippen molar-refractivity contribution in [1.29, 1.82) is 0 Å². The Morgan fingerprint density at radius 1 is 1.00 bits per heavy atom. The van der Waals surface area contributed by atoms with E-state index in [0.29, 0.717) is 4.64 Å². The monoisotopic (exact) mass is 266 g/mol. The number of aryl methyl sites for hydroxylation is 1. The van der Waals surface area contributed by atoms with Crippen LogP contribution >= 0.6 is 12.2 Å². The molecule has 0 amide bonds. The van der Waals surface area contributed by atoms with Gasteiger partial charge in [0.1, 0.15) is 10.5 Å². The fourth-order valence-corrected chi connectivity index (χ4v) is 2.60. The predicted octanol–water partition coefficient (Wildman–Crippen LogP) is 4.32. The maximum Gasteiger partial charge on any atom is 0.137 e. The molecule has 0 aliphatic rings. The van der Waals surface area contributed by atoms with Crippen LogP contribution < -0.4 is 0 Å². The molecular formula is C16H14N2S. The first-order chi connectivity index (χ1) is 9.31. The first kappa shape index (κ1) is 12.1. The summed E-state index contributed by atoms with van der Waals surface area (Å²) in [5, 5.41) is 1.03. The zero-order valence-electron chi connectivity index (χ0n) is 10.7. The van der Waals surface area contributed by atoms with Crippen molar-refractivity contribution in [1.82, 2.24) is 9.55 Å². The molecular weight excluding hydrogens is 252 g/mol. The van der Waals surface area contributed by atoms with Crippen LogP contribution in [0.5, 0.6) is 0 Å². The Morgan fingerprint density at radius 2 is 1.68 bits per heavy atom. The van der Waals surface area contributed by atoms with Crippen molar-refractivity contribution in [3.05, 3.63) is 65.1 Å². The van der Waals surface area contributed by atoms with E-state index in [2.05, 4.69) is 34.7 Å². The predicted molar refractivity (Wildman–Crippen MR) is 81.3 cm³/mol. The highest BCUT2D eigenvalue weighted by molar-refractivity contribution is 7.71. The quantitative estimate of drug-likeness (QED) is 0.643. The Bertz CT molecular complexity index is 776. The van der Waals surface area contributed by atoms with Crippen LogP contribution in [0.3, 0.4) is 0 Å². The van der Waals surface area contributed by atoms with Gasteiger partial charge in [0.15, 0.2) is 0 Å². The topological polar surface area (TPSA) is 17.8 Å². The molecule has 0 saturated heterocycles. The van der Waals surface area contributed by atoms with Crippen LogP contribution in [0.15, 0.2) is 54.6 Å². The van der Waals surface area contributed by atoms with Gasteiger partial charge >= 0.3 is 0 Å². The van der Waals surface area contributed by atoms with Crippen LogP contribution in [0.25, 0.3) is 16.6 Å². The minimum atomic E-state index is 0.680. The fourth-order valence-electron chi connectivity index (χ4n) is 2.32. The summed E-state index contributed by atoms with van der Waals surface area (Å²) in [5.41, 5.74) is 2.24. The van der Waals surface area contributed by atoms with Crippen LogP contribution in [-0.2, 0) is 6.42 Å². The van der Waals surface area contributed by atoms with E-state index in [9.17, 15) is 0 Å². The molecule has 1 aromatic heterocycles. The van der Waals surface area contributed by atoms with Gasteiger partial charge in [0, 0.05) is 17.5 Å². The Kier molecular flexibility index (Phi) is 3.13. The lowest BCUT2D eigenvalue weighted by Crippen LogP contribution is -2.07. The van der Waals surface area contributed by atoms with E-state index in [1.165, 1.54) is 0 Å². The molecule has 0 fully saturated rings. The third-order valence-corrected chi connectivity index (χ3v) is 3.51. The molecule has 3 heteroatoms. The lowest BCUT2D eigenvalue weighted by Gasteiger charge is -2.15. The lowest BCUT2D eigenvalue weighted by atomic mass is 10.2. The van der Waals surface area contributed by atoms with Gasteiger partial charge in [-0.05, 0) is 24.3 Å². The molecule has 3 aromatic rings. The normalized spacial score (nSPS) is 10.8. The molecule has 0 bridgehead atoms. The molecule has 0 radical (unpaired) electrons. The Balaban J connectivity index is 2.46. The maximum absolute atomic E-state index is 5.39. The minimum absolute atomic E-state index is 0.680. The summed E-state index contributed by atoms with van der Waals surface area (Å²) in [7, 11) is 0. The molecule has 2 aromatic carbocycles. The fraction of sp³-hybridized carbons (Fsp3) is 0.125. The molecule has 0 aliphatic heterocycles. The Hall–Kier alpha value is -2.00. The molecule has 0 N–H and O–H groups in total. The summed E-state index contributed by atoms with van der Waals surface area (Å²) in [6.07, 6.45) is 0.851. The van der Waals surface area contributed by atoms with Crippen molar-refractivity contribution in [3.8, 4) is 5.69 Å². The van der Waals surface area contributed by atoms with Gasteiger partial charge in [-0.25, -0.2) is 4.98 Å². The molecule has 19 heavy (non-hydrogen) atoms. The van der Waals surface area contributed by atoms with Crippen LogP contribution in [0, 0.1) is 4.64 Å². The third kappa shape index (κ3) is 2.06. The standard InChI is InChI=1S/C16H14N2S/c1-2-15-17-16(19)13-10-6-7-11-14(13)18(15)12-8-4-3-5-9-12/h3-11H,2H2,1H3. The largest absolute Gasteiger partial charge is 0.298 e. The summed E-state index contributed by atoms with van der Waals surface area (Å²) in [6, 6.07) is 18.5. The molecule has 1 heterocycles. The van der Waals surface area contributed by atoms with Crippen molar-refractivity contribution < 1.29 is 0 Å². The van der Waals surface area contributed by atoms with Crippen molar-refractivity contribution in [2.75, 3.05) is 0 Å². The number of hydrogen-bond acceptors (Lipinski definition) is 2. The summed E-state index contributed by atoms with van der Waals surface area (Å²) in [4.78, 5) is 4.57. The molecule has 0 aliphatic carbocycles. The zero-order chi connectivity index (χ0) is 13.2. The first-order valence-corrected chi connectivity index (χ1v) is 6.78. The summed E-state index contributed by atoms with van der Waals surface area (Å²) >= 11 is 5.39. The molecule has 0 saturated carbocycles. The summed E-state index contributed by atoms with van der Waals surface area (Å²) < 4.78 is 2.87. The van der Waals surface area contributed by atoms with Gasteiger partial charge in [-0.3, -0.25) is 4.57 Å². The number of benzene rings is 2. The Morgan fingerprint density at radius 3 is 2.42 bits per heavy atom. The number of para-hydroxylation sites is 2. The van der Waals surface area contributed by atoms with E-state index < -0.39 is 0 Å². The third-order valence-electron chi connectivity index (χ3n) is 3.19. The Labute approximate surface area is 117 Å². The van der Waals surface area contributed by atoms with Gasteiger partial charge in [0.05, 0.1) is 5.52 Å². The molecule has 0 unspecified atom stereocenters. The van der Waals surface area contributed by atoms with Gasteiger partial charge in [0.25, 0.3) is 0 Å². The van der Waals surface area contributed by atoms with Crippen molar-refractivity contribution in [2.24, 2.45) is 0 Å². The van der Waals surface area contributed by atoms with E-state index >= 15 is 0 Å². The van der Waals surface area contributed by atoms with Crippen LogP contribution in [0.1, 0.15) is 12.7 Å². The van der Waals surface area contributed by atoms with Gasteiger partial charge in [-0.15, -0.1) is 0 Å². The van der Waals surface area contributed by atoms with Crippen molar-refractivity contribution in [2.45, 2.75) is 13.3 Å². The van der Waals surface area contributed by atoms with Gasteiger partial charge in [-0.1, -0.05) is 49.5 Å². The number of nitrogens with zero attached hydrogens (tertiary/aromatic N) is 2. The second kappa shape index (κ2) is 4.94.